The van der Waals surface area contributed by atoms with E-state index in [2.05, 4.69) is 21.8 Å². The zero-order chi connectivity index (χ0) is 16.7. The molecule has 1 aliphatic carbocycles. The number of hydrogen-bond acceptors (Lipinski definition) is 4. The first-order valence-electron chi connectivity index (χ1n) is 8.72. The first-order valence-corrected chi connectivity index (χ1v) is 8.72. The summed E-state index contributed by atoms with van der Waals surface area (Å²) in [5.74, 6) is 2.70. The summed E-state index contributed by atoms with van der Waals surface area (Å²) in [5, 5.41) is 2.95. The highest BCUT2D eigenvalue weighted by atomic mass is 16.3. The van der Waals surface area contributed by atoms with E-state index >= 15 is 0 Å². The van der Waals surface area contributed by atoms with Crippen molar-refractivity contribution in [2.45, 2.75) is 51.2 Å². The monoisotopic (exact) mass is 328 g/mol. The Hall–Kier alpha value is -2.08. The predicted molar refractivity (Wildman–Crippen MR) is 89.3 cm³/mol. The summed E-state index contributed by atoms with van der Waals surface area (Å²) in [6, 6.07) is 3.53. The Morgan fingerprint density at radius 1 is 1.50 bits per heavy atom. The highest BCUT2D eigenvalue weighted by Crippen LogP contribution is 2.40. The number of nitrogens with one attached hydrogen (secondary N) is 1. The average molecular weight is 328 g/mol. The fraction of sp³-hybridized carbons (Fsp3) is 0.556. The predicted octanol–water partition coefficient (Wildman–Crippen LogP) is 1.95. The molecular formula is C18H24N4O2. The van der Waals surface area contributed by atoms with Crippen LogP contribution in [0.25, 0.3) is 0 Å². The van der Waals surface area contributed by atoms with Crippen molar-refractivity contribution in [1.82, 2.24) is 19.8 Å². The van der Waals surface area contributed by atoms with Crippen molar-refractivity contribution >= 4 is 5.91 Å². The number of hydrogen-bond donors (Lipinski definition) is 1. The lowest BCUT2D eigenvalue weighted by Gasteiger charge is -2.31. The van der Waals surface area contributed by atoms with Crippen molar-refractivity contribution < 1.29 is 9.21 Å². The van der Waals surface area contributed by atoms with Gasteiger partial charge in [0.2, 0.25) is 5.91 Å². The molecule has 0 aromatic carbocycles. The van der Waals surface area contributed by atoms with Gasteiger partial charge in [-0.2, -0.15) is 0 Å². The van der Waals surface area contributed by atoms with Gasteiger partial charge in [-0.1, -0.05) is 0 Å². The van der Waals surface area contributed by atoms with Gasteiger partial charge in [0.1, 0.15) is 11.6 Å². The Morgan fingerprint density at radius 3 is 3.04 bits per heavy atom. The summed E-state index contributed by atoms with van der Waals surface area (Å²) in [6.07, 6.45) is 5.11. The minimum atomic E-state index is -0.167. The SMILES string of the molecule is C[C@@H](C(=O)NCc1ccco1)N1CCc2c(nc(C3CC3)n2C)C1. The minimum Gasteiger partial charge on any atom is -0.467 e. The number of fused-ring (bicyclic) bond motifs is 1. The topological polar surface area (TPSA) is 63.3 Å². The minimum absolute atomic E-state index is 0.0354. The Balaban J connectivity index is 1.40. The molecule has 0 unspecified atom stereocenters. The van der Waals surface area contributed by atoms with E-state index in [4.69, 9.17) is 9.40 Å². The zero-order valence-corrected chi connectivity index (χ0v) is 14.3. The maximum absolute atomic E-state index is 12.4. The van der Waals surface area contributed by atoms with Crippen LogP contribution in [0.1, 0.15) is 48.7 Å². The normalized spacial score (nSPS) is 19.1. The van der Waals surface area contributed by atoms with Gasteiger partial charge in [-0.25, -0.2) is 4.98 Å². The van der Waals surface area contributed by atoms with Crippen molar-refractivity contribution in [3.63, 3.8) is 0 Å². The molecule has 4 rings (SSSR count). The van der Waals surface area contributed by atoms with Gasteiger partial charge in [0.15, 0.2) is 0 Å². The Morgan fingerprint density at radius 2 is 2.33 bits per heavy atom. The smallest absolute Gasteiger partial charge is 0.237 e. The summed E-state index contributed by atoms with van der Waals surface area (Å²) in [6.45, 7) is 4.05. The Kier molecular flexibility index (Phi) is 3.92. The Labute approximate surface area is 141 Å². The van der Waals surface area contributed by atoms with E-state index < -0.39 is 0 Å². The van der Waals surface area contributed by atoms with Crippen LogP contribution in [-0.2, 0) is 31.4 Å². The molecule has 1 aliphatic heterocycles. The number of imidazole rings is 1. The third-order valence-electron chi connectivity index (χ3n) is 5.21. The molecule has 6 nitrogen and oxygen atoms in total. The third kappa shape index (κ3) is 2.86. The highest BCUT2D eigenvalue weighted by molar-refractivity contribution is 5.81. The van der Waals surface area contributed by atoms with Crippen molar-refractivity contribution in [2.75, 3.05) is 6.54 Å². The summed E-state index contributed by atoms with van der Waals surface area (Å²) >= 11 is 0. The molecule has 1 saturated carbocycles. The largest absolute Gasteiger partial charge is 0.467 e. The zero-order valence-electron chi connectivity index (χ0n) is 14.3. The van der Waals surface area contributed by atoms with Crippen LogP contribution in [0.2, 0.25) is 0 Å². The van der Waals surface area contributed by atoms with Crippen LogP contribution in [0.3, 0.4) is 0 Å². The third-order valence-corrected chi connectivity index (χ3v) is 5.21. The molecule has 2 aromatic heterocycles. The molecule has 128 valence electrons. The Bertz CT molecular complexity index is 731. The number of furan rings is 1. The van der Waals surface area contributed by atoms with Crippen molar-refractivity contribution in [2.24, 2.45) is 7.05 Å². The van der Waals surface area contributed by atoms with Crippen LogP contribution in [0.5, 0.6) is 0 Å². The van der Waals surface area contributed by atoms with Gasteiger partial charge in [-0.05, 0) is 31.9 Å². The second-order valence-corrected chi connectivity index (χ2v) is 6.89. The second kappa shape index (κ2) is 6.09. The molecule has 24 heavy (non-hydrogen) atoms. The molecule has 1 fully saturated rings. The molecule has 0 saturated heterocycles. The van der Waals surface area contributed by atoms with Crippen LogP contribution >= 0.6 is 0 Å². The van der Waals surface area contributed by atoms with E-state index in [0.717, 1.165) is 31.0 Å². The second-order valence-electron chi connectivity index (χ2n) is 6.89. The van der Waals surface area contributed by atoms with Crippen molar-refractivity contribution in [1.29, 1.82) is 0 Å². The first kappa shape index (κ1) is 15.4. The lowest BCUT2D eigenvalue weighted by Crippen LogP contribution is -2.47. The standard InChI is InChI=1S/C18H24N4O2/c1-12(18(23)19-10-14-4-3-9-24-14)22-8-7-16-15(11-22)20-17(21(16)2)13-5-6-13/h3-4,9,12-13H,5-8,10-11H2,1-2H3,(H,19,23)/t12-/m0/s1. The molecule has 3 heterocycles. The molecule has 0 spiro atoms. The van der Waals surface area contributed by atoms with Crippen molar-refractivity contribution in [3.8, 4) is 0 Å². The van der Waals surface area contributed by atoms with E-state index in [-0.39, 0.29) is 11.9 Å². The van der Waals surface area contributed by atoms with Crippen LogP contribution in [-0.4, -0.2) is 32.9 Å². The quantitative estimate of drug-likeness (QED) is 0.911. The summed E-state index contributed by atoms with van der Waals surface area (Å²) < 4.78 is 7.54. The highest BCUT2D eigenvalue weighted by Gasteiger charge is 2.33. The first-order chi connectivity index (χ1) is 11.6. The molecule has 2 aromatic rings. The van der Waals surface area contributed by atoms with Gasteiger partial charge in [0.05, 0.1) is 24.5 Å². The number of aromatic nitrogens is 2. The van der Waals surface area contributed by atoms with Crippen LogP contribution in [0.4, 0.5) is 0 Å². The molecule has 1 amide bonds. The van der Waals surface area contributed by atoms with Crippen molar-refractivity contribution in [3.05, 3.63) is 41.4 Å². The molecule has 0 bridgehead atoms. The molecule has 2 aliphatic rings. The fourth-order valence-electron chi connectivity index (χ4n) is 3.51. The molecular weight excluding hydrogens is 304 g/mol. The molecule has 1 N–H and O–H groups in total. The van der Waals surface area contributed by atoms with Gasteiger partial charge < -0.3 is 14.3 Å². The number of carbonyl (C=O) groups is 1. The van der Waals surface area contributed by atoms with Crippen LogP contribution in [0, 0.1) is 0 Å². The average Bonchev–Trinajstić information content (AvgIpc) is 3.20. The maximum atomic E-state index is 12.4. The number of amides is 1. The van der Waals surface area contributed by atoms with Crippen LogP contribution < -0.4 is 5.32 Å². The summed E-state index contributed by atoms with van der Waals surface area (Å²) in [5.41, 5.74) is 2.49. The van der Waals surface area contributed by atoms with Gasteiger partial charge in [0, 0.05) is 38.2 Å². The van der Waals surface area contributed by atoms with E-state index in [0.29, 0.717) is 12.5 Å². The fourth-order valence-corrected chi connectivity index (χ4v) is 3.51. The molecule has 0 radical (unpaired) electrons. The maximum Gasteiger partial charge on any atom is 0.237 e. The lowest BCUT2D eigenvalue weighted by molar-refractivity contribution is -0.126. The summed E-state index contributed by atoms with van der Waals surface area (Å²) in [7, 11) is 2.13. The van der Waals surface area contributed by atoms with Gasteiger partial charge in [-0.3, -0.25) is 9.69 Å². The number of nitrogens with zero attached hydrogens (tertiary/aromatic N) is 3. The summed E-state index contributed by atoms with van der Waals surface area (Å²) in [4.78, 5) is 19.5. The van der Waals surface area contributed by atoms with E-state index in [1.807, 2.05) is 19.1 Å². The van der Waals surface area contributed by atoms with Gasteiger partial charge in [-0.15, -0.1) is 0 Å². The number of rotatable bonds is 5. The van der Waals surface area contributed by atoms with E-state index in [9.17, 15) is 4.79 Å². The van der Waals surface area contributed by atoms with E-state index in [1.54, 1.807) is 6.26 Å². The lowest BCUT2D eigenvalue weighted by atomic mass is 10.1. The van der Waals surface area contributed by atoms with Crippen LogP contribution in [0.15, 0.2) is 22.8 Å². The molecule has 1 atom stereocenters. The number of carbonyl (C=O) groups excluding carboxylic acids is 1. The van der Waals surface area contributed by atoms with Gasteiger partial charge >= 0.3 is 0 Å². The molecule has 6 heteroatoms. The van der Waals surface area contributed by atoms with Gasteiger partial charge in [0.25, 0.3) is 0 Å². The van der Waals surface area contributed by atoms with E-state index in [1.165, 1.54) is 24.4 Å².